The summed E-state index contributed by atoms with van der Waals surface area (Å²) in [4.78, 5) is 53.8. The third-order valence-corrected chi connectivity index (χ3v) is 7.26. The van der Waals surface area contributed by atoms with Crippen LogP contribution in [0.5, 0.6) is 5.75 Å². The first-order valence-corrected chi connectivity index (χ1v) is 14.1. The molecular formula is C31H43N3O8. The van der Waals surface area contributed by atoms with Gasteiger partial charge < -0.3 is 29.6 Å². The van der Waals surface area contributed by atoms with Gasteiger partial charge in [-0.2, -0.15) is 0 Å². The third-order valence-electron chi connectivity index (χ3n) is 7.26. The van der Waals surface area contributed by atoms with Crippen LogP contribution in [0.25, 0.3) is 5.57 Å². The Bertz CT molecular complexity index is 1250. The number of rotatable bonds is 4. The van der Waals surface area contributed by atoms with E-state index in [0.717, 1.165) is 18.4 Å². The second-order valence-electron chi connectivity index (χ2n) is 11.5. The molecule has 1 heterocycles. The molecule has 0 spiro atoms. The van der Waals surface area contributed by atoms with Crippen LogP contribution in [-0.4, -0.2) is 74.8 Å². The van der Waals surface area contributed by atoms with E-state index in [0.29, 0.717) is 35.5 Å². The minimum atomic E-state index is -1.17. The number of methoxy groups -OCH3 is 3. The first-order chi connectivity index (χ1) is 19.8. The molecule has 2 N–H and O–H groups in total. The molecule has 3 amide bonds. The fourth-order valence-corrected chi connectivity index (χ4v) is 5.10. The number of benzene rings is 1. The Morgan fingerprint density at radius 2 is 1.71 bits per heavy atom. The van der Waals surface area contributed by atoms with Crippen LogP contribution >= 0.6 is 0 Å². The van der Waals surface area contributed by atoms with Gasteiger partial charge in [-0.25, -0.2) is 9.59 Å². The normalized spacial score (nSPS) is 23.3. The van der Waals surface area contributed by atoms with Crippen molar-refractivity contribution in [3.63, 3.8) is 0 Å². The number of nitrogens with zero attached hydrogens (tertiary/aromatic N) is 1. The fraction of sp³-hybridized carbons (Fsp3) is 0.548. The maximum atomic E-state index is 13.8. The largest absolute Gasteiger partial charge is 0.496 e. The summed E-state index contributed by atoms with van der Waals surface area (Å²) in [5.74, 6) is -0.373. The molecule has 0 saturated heterocycles. The second kappa shape index (κ2) is 13.8. The van der Waals surface area contributed by atoms with E-state index in [1.165, 1.54) is 26.0 Å². The van der Waals surface area contributed by atoms with Gasteiger partial charge in [-0.05, 0) is 76.6 Å². The van der Waals surface area contributed by atoms with Crippen molar-refractivity contribution in [3.05, 3.63) is 47.2 Å². The SMILES string of the molecule is COC(=O)[C@@H]1CCCC2C=C(C(OC)=CC2)c2cc(ccc2OC)[C@H](N(C)C(=O)OC(C)(C)C)C(=O)N[C@@H](C)C(=O)N1. The van der Waals surface area contributed by atoms with Crippen molar-refractivity contribution in [2.45, 2.75) is 77.1 Å². The standard InChI is InChI=1S/C31H43N3O8/c1-18-27(35)33-23(29(37)41-8)11-9-10-19-12-14-24(39-6)21(16-19)22-17-20(13-15-25(22)40-7)26(28(36)32-18)34(5)30(38)42-31(2,3)4/h13-19,23,26H,9-12H2,1-8H3,(H,32,36)(H,33,35)/t18-,19?,23-,26-/m0/s1. The second-order valence-corrected chi connectivity index (χ2v) is 11.5. The van der Waals surface area contributed by atoms with Crippen molar-refractivity contribution >= 4 is 29.5 Å². The summed E-state index contributed by atoms with van der Waals surface area (Å²) in [5.41, 5.74) is 1.15. The maximum Gasteiger partial charge on any atom is 0.410 e. The van der Waals surface area contributed by atoms with Crippen LogP contribution in [0.1, 0.15) is 70.5 Å². The van der Waals surface area contributed by atoms with E-state index in [4.69, 9.17) is 18.9 Å². The summed E-state index contributed by atoms with van der Waals surface area (Å²) in [5, 5.41) is 5.42. The molecule has 0 aromatic heterocycles. The summed E-state index contributed by atoms with van der Waals surface area (Å²) >= 11 is 0. The highest BCUT2D eigenvalue weighted by atomic mass is 16.6. The Morgan fingerprint density at radius 1 is 1.00 bits per heavy atom. The molecule has 0 saturated carbocycles. The Labute approximate surface area is 247 Å². The summed E-state index contributed by atoms with van der Waals surface area (Å²) in [7, 11) is 5.89. The van der Waals surface area contributed by atoms with Gasteiger partial charge in [0.05, 0.1) is 21.3 Å². The number of ether oxygens (including phenoxy) is 4. The van der Waals surface area contributed by atoms with Crippen molar-refractivity contribution < 1.29 is 38.1 Å². The average molecular weight is 586 g/mol. The molecule has 4 bridgehead atoms. The molecule has 230 valence electrons. The van der Waals surface area contributed by atoms with Gasteiger partial charge in [0.25, 0.3) is 0 Å². The van der Waals surface area contributed by atoms with E-state index in [1.54, 1.807) is 53.2 Å². The van der Waals surface area contributed by atoms with E-state index in [1.807, 2.05) is 6.08 Å². The predicted molar refractivity (Wildman–Crippen MR) is 156 cm³/mol. The van der Waals surface area contributed by atoms with Gasteiger partial charge in [0.15, 0.2) is 0 Å². The first-order valence-electron chi connectivity index (χ1n) is 14.1. The van der Waals surface area contributed by atoms with Crippen LogP contribution < -0.4 is 15.4 Å². The zero-order chi connectivity index (χ0) is 31.2. The van der Waals surface area contributed by atoms with E-state index < -0.39 is 47.6 Å². The van der Waals surface area contributed by atoms with Crippen molar-refractivity contribution in [3.8, 4) is 5.75 Å². The van der Waals surface area contributed by atoms with E-state index in [9.17, 15) is 19.2 Å². The molecule has 1 aliphatic carbocycles. The van der Waals surface area contributed by atoms with Gasteiger partial charge in [-0.3, -0.25) is 14.5 Å². The molecule has 11 heteroatoms. The molecule has 1 aliphatic heterocycles. The van der Waals surface area contributed by atoms with Crippen LogP contribution in [0, 0.1) is 5.92 Å². The van der Waals surface area contributed by atoms with Crippen LogP contribution in [0.3, 0.4) is 0 Å². The van der Waals surface area contributed by atoms with Crippen molar-refractivity contribution in [1.82, 2.24) is 15.5 Å². The van der Waals surface area contributed by atoms with Crippen LogP contribution in [0.2, 0.25) is 0 Å². The fourth-order valence-electron chi connectivity index (χ4n) is 5.10. The highest BCUT2D eigenvalue weighted by Crippen LogP contribution is 2.39. The first kappa shape index (κ1) is 32.5. The molecule has 1 unspecified atom stereocenters. The molecule has 2 aliphatic rings. The Morgan fingerprint density at radius 3 is 2.33 bits per heavy atom. The quantitative estimate of drug-likeness (QED) is 0.509. The maximum absolute atomic E-state index is 13.8. The molecule has 1 aromatic rings. The smallest absolute Gasteiger partial charge is 0.410 e. The van der Waals surface area contributed by atoms with Gasteiger partial charge in [0.2, 0.25) is 11.8 Å². The monoisotopic (exact) mass is 585 g/mol. The number of carbonyl (C=O) groups excluding carboxylic acids is 4. The number of fused-ring (bicyclic) bond motifs is 4. The minimum absolute atomic E-state index is 0.122. The molecular weight excluding hydrogens is 542 g/mol. The lowest BCUT2D eigenvalue weighted by Crippen LogP contribution is -2.53. The van der Waals surface area contributed by atoms with E-state index in [2.05, 4.69) is 16.7 Å². The Balaban J connectivity index is 2.17. The zero-order valence-corrected chi connectivity index (χ0v) is 25.7. The van der Waals surface area contributed by atoms with Crippen molar-refractivity contribution in [2.24, 2.45) is 5.92 Å². The van der Waals surface area contributed by atoms with Gasteiger partial charge in [0, 0.05) is 18.2 Å². The number of nitrogens with one attached hydrogen (secondary N) is 2. The predicted octanol–water partition coefficient (Wildman–Crippen LogP) is 3.88. The molecule has 4 atom stereocenters. The molecule has 42 heavy (non-hydrogen) atoms. The van der Waals surface area contributed by atoms with Crippen molar-refractivity contribution in [2.75, 3.05) is 28.4 Å². The summed E-state index contributed by atoms with van der Waals surface area (Å²) < 4.78 is 21.9. The number of likely N-dealkylation sites (N-methyl/N-ethyl adjacent to an activating group) is 1. The lowest BCUT2D eigenvalue weighted by Gasteiger charge is -2.32. The van der Waals surface area contributed by atoms with Gasteiger partial charge in [0.1, 0.15) is 35.2 Å². The van der Waals surface area contributed by atoms with E-state index >= 15 is 0 Å². The average Bonchev–Trinajstić information content (AvgIpc) is 2.94. The molecule has 3 rings (SSSR count). The van der Waals surface area contributed by atoms with Crippen LogP contribution in [-0.2, 0) is 28.6 Å². The third kappa shape index (κ3) is 7.83. The number of esters is 1. The van der Waals surface area contributed by atoms with Crippen molar-refractivity contribution in [1.29, 1.82) is 0 Å². The lowest BCUT2D eigenvalue weighted by molar-refractivity contribution is -0.145. The molecule has 11 nitrogen and oxygen atoms in total. The number of carbonyl (C=O) groups is 4. The zero-order valence-electron chi connectivity index (χ0n) is 25.7. The Hall–Kier alpha value is -4.02. The van der Waals surface area contributed by atoms with Crippen LogP contribution in [0.15, 0.2) is 36.1 Å². The summed E-state index contributed by atoms with van der Waals surface area (Å²) in [6.07, 6.45) is 5.88. The van der Waals surface area contributed by atoms with Gasteiger partial charge in [-0.1, -0.05) is 18.6 Å². The highest BCUT2D eigenvalue weighted by Gasteiger charge is 2.35. The summed E-state index contributed by atoms with van der Waals surface area (Å²) in [6, 6.07) is 2.18. The molecule has 0 fully saturated rings. The molecule has 1 aromatic carbocycles. The number of allylic oxidation sites excluding steroid dienone is 3. The van der Waals surface area contributed by atoms with E-state index in [-0.39, 0.29) is 5.92 Å². The minimum Gasteiger partial charge on any atom is -0.496 e. The summed E-state index contributed by atoms with van der Waals surface area (Å²) in [6.45, 7) is 6.72. The van der Waals surface area contributed by atoms with Gasteiger partial charge >= 0.3 is 12.1 Å². The molecule has 0 radical (unpaired) electrons. The van der Waals surface area contributed by atoms with Crippen LogP contribution in [0.4, 0.5) is 4.79 Å². The van der Waals surface area contributed by atoms with Gasteiger partial charge in [-0.15, -0.1) is 0 Å². The number of amides is 3. The highest BCUT2D eigenvalue weighted by molar-refractivity contribution is 5.93. The number of hydrogen-bond donors (Lipinski definition) is 2. The topological polar surface area (TPSA) is 132 Å². The lowest BCUT2D eigenvalue weighted by atomic mass is 9.86. The Kier molecular flexibility index (Phi) is 10.6. The number of hydrogen-bond acceptors (Lipinski definition) is 8.